The molecule has 4 heteroatoms. The van der Waals surface area contributed by atoms with Crippen LogP contribution in [-0.4, -0.2) is 28.6 Å². The molecule has 0 aliphatic carbocycles. The van der Waals surface area contributed by atoms with Crippen LogP contribution in [0, 0.1) is 0 Å². The van der Waals surface area contributed by atoms with Crippen LogP contribution in [0.3, 0.4) is 0 Å². The summed E-state index contributed by atoms with van der Waals surface area (Å²) in [4.78, 5) is 1.29. The van der Waals surface area contributed by atoms with Crippen LogP contribution < -0.4 is 5.32 Å². The number of thioether (sulfide) groups is 1. The van der Waals surface area contributed by atoms with Crippen molar-refractivity contribution >= 4 is 11.8 Å². The van der Waals surface area contributed by atoms with E-state index < -0.39 is 6.10 Å². The second kappa shape index (κ2) is 8.83. The van der Waals surface area contributed by atoms with Crippen molar-refractivity contribution in [3.05, 3.63) is 60.2 Å². The van der Waals surface area contributed by atoms with E-state index in [-0.39, 0.29) is 11.8 Å². The summed E-state index contributed by atoms with van der Waals surface area (Å²) in [5.74, 6) is 1.27. The van der Waals surface area contributed by atoms with Crippen molar-refractivity contribution < 1.29 is 10.2 Å². The van der Waals surface area contributed by atoms with Gasteiger partial charge in [-0.25, -0.2) is 0 Å². The molecule has 0 bridgehead atoms. The number of nitrogens with one attached hydrogen (secondary N) is 1. The van der Waals surface area contributed by atoms with E-state index in [1.807, 2.05) is 24.8 Å². The summed E-state index contributed by atoms with van der Waals surface area (Å²) < 4.78 is 0. The molecule has 0 unspecified atom stereocenters. The van der Waals surface area contributed by atoms with Crippen LogP contribution >= 0.6 is 11.8 Å². The Labute approximate surface area is 136 Å². The first-order chi connectivity index (χ1) is 10.7. The predicted octanol–water partition coefficient (Wildman–Crippen LogP) is 3.59. The van der Waals surface area contributed by atoms with E-state index >= 15 is 0 Å². The molecular weight excluding hydrogens is 294 g/mol. The third-order valence-corrected chi connectivity index (χ3v) is 4.61. The molecule has 3 nitrogen and oxygen atoms in total. The van der Waals surface area contributed by atoms with Gasteiger partial charge in [-0.05, 0) is 55.5 Å². The summed E-state index contributed by atoms with van der Waals surface area (Å²) >= 11 is 1.85. The van der Waals surface area contributed by atoms with Crippen LogP contribution in [0.25, 0.3) is 0 Å². The summed E-state index contributed by atoms with van der Waals surface area (Å²) in [6, 6.07) is 17.1. The first kappa shape index (κ1) is 16.9. The summed E-state index contributed by atoms with van der Waals surface area (Å²) in [5, 5.41) is 22.9. The summed E-state index contributed by atoms with van der Waals surface area (Å²) in [6.07, 6.45) is 0.481. The van der Waals surface area contributed by atoms with Crippen molar-refractivity contribution in [2.75, 3.05) is 12.3 Å². The zero-order valence-corrected chi connectivity index (χ0v) is 13.6. The molecule has 0 saturated heterocycles. The van der Waals surface area contributed by atoms with Gasteiger partial charge in [0, 0.05) is 10.9 Å². The zero-order chi connectivity index (χ0) is 15.8. The van der Waals surface area contributed by atoms with Crippen molar-refractivity contribution in [1.82, 2.24) is 5.32 Å². The van der Waals surface area contributed by atoms with E-state index in [9.17, 15) is 10.2 Å². The topological polar surface area (TPSA) is 52.5 Å². The number of hydrogen-bond acceptors (Lipinski definition) is 4. The maximum atomic E-state index is 10.3. The monoisotopic (exact) mass is 317 g/mol. The Morgan fingerprint density at radius 3 is 2.41 bits per heavy atom. The second-order valence-electron chi connectivity index (χ2n) is 5.29. The molecule has 2 atom stereocenters. The lowest BCUT2D eigenvalue weighted by molar-refractivity contribution is 0.136. The van der Waals surface area contributed by atoms with E-state index in [0.717, 1.165) is 24.3 Å². The highest BCUT2D eigenvalue weighted by Crippen LogP contribution is 2.20. The SMILES string of the molecule is C[C@H](NCCCSc1ccccc1)[C@H](O)c1ccc(O)cc1. The Kier molecular flexibility index (Phi) is 6.77. The van der Waals surface area contributed by atoms with Crippen molar-refractivity contribution in [2.45, 2.75) is 30.4 Å². The Bertz CT molecular complexity index is 545. The molecule has 2 aromatic carbocycles. The third-order valence-electron chi connectivity index (χ3n) is 3.51. The third kappa shape index (κ3) is 5.37. The van der Waals surface area contributed by atoms with Crippen LogP contribution in [0.5, 0.6) is 5.75 Å². The minimum atomic E-state index is -0.567. The predicted molar refractivity (Wildman–Crippen MR) is 92.3 cm³/mol. The number of phenolic OH excluding ortho intramolecular Hbond substituents is 1. The quantitative estimate of drug-likeness (QED) is 0.514. The van der Waals surface area contributed by atoms with Gasteiger partial charge in [0.1, 0.15) is 5.75 Å². The molecule has 0 heterocycles. The maximum absolute atomic E-state index is 10.3. The molecule has 2 rings (SSSR count). The Hall–Kier alpha value is -1.49. The standard InChI is InChI=1S/C18H23NO2S/c1-14(18(21)15-8-10-16(20)11-9-15)19-12-5-13-22-17-6-3-2-4-7-17/h2-4,6-11,14,18-21H,5,12-13H2,1H3/t14-,18-/m0/s1. The van der Waals surface area contributed by atoms with Gasteiger partial charge in [-0.2, -0.15) is 0 Å². The molecule has 0 aliphatic rings. The van der Waals surface area contributed by atoms with E-state index in [4.69, 9.17) is 0 Å². The normalized spacial score (nSPS) is 13.7. The smallest absolute Gasteiger partial charge is 0.115 e. The van der Waals surface area contributed by atoms with Gasteiger partial charge in [0.15, 0.2) is 0 Å². The van der Waals surface area contributed by atoms with Crippen molar-refractivity contribution in [1.29, 1.82) is 0 Å². The fraction of sp³-hybridized carbons (Fsp3) is 0.333. The summed E-state index contributed by atoms with van der Waals surface area (Å²) in [7, 11) is 0. The molecule has 0 saturated carbocycles. The molecular formula is C18H23NO2S. The molecule has 0 aromatic heterocycles. The van der Waals surface area contributed by atoms with Crippen molar-refractivity contribution in [3.8, 4) is 5.75 Å². The summed E-state index contributed by atoms with van der Waals surface area (Å²) in [5.41, 5.74) is 0.816. The average Bonchev–Trinajstić information content (AvgIpc) is 2.55. The number of aliphatic hydroxyl groups excluding tert-OH is 1. The highest BCUT2D eigenvalue weighted by molar-refractivity contribution is 7.99. The van der Waals surface area contributed by atoms with Crippen LogP contribution in [0.4, 0.5) is 0 Å². The highest BCUT2D eigenvalue weighted by Gasteiger charge is 2.15. The van der Waals surface area contributed by atoms with Gasteiger partial charge in [0.2, 0.25) is 0 Å². The second-order valence-corrected chi connectivity index (χ2v) is 6.46. The molecule has 0 aliphatic heterocycles. The Morgan fingerprint density at radius 1 is 1.05 bits per heavy atom. The molecule has 0 radical (unpaired) electrons. The fourth-order valence-corrected chi connectivity index (χ4v) is 3.05. The molecule has 2 aromatic rings. The summed E-state index contributed by atoms with van der Waals surface area (Å²) in [6.45, 7) is 2.85. The first-order valence-electron chi connectivity index (χ1n) is 7.55. The van der Waals surface area contributed by atoms with Gasteiger partial charge in [0.25, 0.3) is 0 Å². The number of benzene rings is 2. The van der Waals surface area contributed by atoms with Gasteiger partial charge in [-0.15, -0.1) is 11.8 Å². The van der Waals surface area contributed by atoms with Gasteiger partial charge in [-0.3, -0.25) is 0 Å². The van der Waals surface area contributed by atoms with E-state index in [2.05, 4.69) is 29.6 Å². The van der Waals surface area contributed by atoms with Crippen LogP contribution in [0.1, 0.15) is 25.0 Å². The number of hydrogen-bond donors (Lipinski definition) is 3. The lowest BCUT2D eigenvalue weighted by Crippen LogP contribution is -2.33. The Morgan fingerprint density at radius 2 is 1.73 bits per heavy atom. The van der Waals surface area contributed by atoms with E-state index in [0.29, 0.717) is 0 Å². The molecule has 0 amide bonds. The lowest BCUT2D eigenvalue weighted by Gasteiger charge is -2.20. The van der Waals surface area contributed by atoms with Crippen LogP contribution in [0.15, 0.2) is 59.5 Å². The highest BCUT2D eigenvalue weighted by atomic mass is 32.2. The molecule has 0 spiro atoms. The molecule has 3 N–H and O–H groups in total. The first-order valence-corrected chi connectivity index (χ1v) is 8.53. The van der Waals surface area contributed by atoms with Gasteiger partial charge in [-0.1, -0.05) is 30.3 Å². The minimum absolute atomic E-state index is 0.0220. The fourth-order valence-electron chi connectivity index (χ4n) is 2.18. The van der Waals surface area contributed by atoms with Gasteiger partial charge < -0.3 is 15.5 Å². The number of aromatic hydroxyl groups is 1. The van der Waals surface area contributed by atoms with Crippen LogP contribution in [-0.2, 0) is 0 Å². The lowest BCUT2D eigenvalue weighted by atomic mass is 10.0. The van der Waals surface area contributed by atoms with Gasteiger partial charge >= 0.3 is 0 Å². The van der Waals surface area contributed by atoms with E-state index in [1.165, 1.54) is 4.90 Å². The molecule has 22 heavy (non-hydrogen) atoms. The number of phenols is 1. The van der Waals surface area contributed by atoms with Crippen LogP contribution in [0.2, 0.25) is 0 Å². The largest absolute Gasteiger partial charge is 0.508 e. The zero-order valence-electron chi connectivity index (χ0n) is 12.8. The Balaban J connectivity index is 1.67. The molecule has 0 fully saturated rings. The van der Waals surface area contributed by atoms with E-state index in [1.54, 1.807) is 24.3 Å². The minimum Gasteiger partial charge on any atom is -0.508 e. The van der Waals surface area contributed by atoms with Crippen molar-refractivity contribution in [3.63, 3.8) is 0 Å². The number of rotatable bonds is 8. The molecule has 118 valence electrons. The number of aliphatic hydroxyl groups is 1. The van der Waals surface area contributed by atoms with Crippen molar-refractivity contribution in [2.24, 2.45) is 0 Å². The van der Waals surface area contributed by atoms with Gasteiger partial charge in [0.05, 0.1) is 6.10 Å². The maximum Gasteiger partial charge on any atom is 0.115 e. The average molecular weight is 317 g/mol.